The van der Waals surface area contributed by atoms with E-state index in [1.54, 1.807) is 6.92 Å². The van der Waals surface area contributed by atoms with Crippen LogP contribution in [-0.2, 0) is 4.74 Å². The molecule has 2 atom stereocenters. The quantitative estimate of drug-likeness (QED) is 0.654. The highest BCUT2D eigenvalue weighted by Crippen LogP contribution is 2.24. The standard InChI is InChI=1S/C8H17NO3/c1-5(10)6(8(2,3)4)12-7(9)11/h5-6,10H,1-4H3,(H2,9,11)/t5-,6?/m0/s1. The van der Waals surface area contributed by atoms with Crippen LogP contribution in [0, 0.1) is 5.41 Å². The second-order valence-electron chi connectivity index (χ2n) is 3.96. The Morgan fingerprint density at radius 2 is 1.92 bits per heavy atom. The van der Waals surface area contributed by atoms with Crippen molar-refractivity contribution in [2.75, 3.05) is 0 Å². The number of ether oxygens (including phenoxy) is 1. The summed E-state index contributed by atoms with van der Waals surface area (Å²) in [6, 6.07) is 0. The molecule has 0 aliphatic carbocycles. The zero-order valence-corrected chi connectivity index (χ0v) is 8.00. The highest BCUT2D eigenvalue weighted by Gasteiger charge is 2.31. The van der Waals surface area contributed by atoms with Gasteiger partial charge in [0.1, 0.15) is 6.10 Å². The van der Waals surface area contributed by atoms with E-state index in [9.17, 15) is 9.90 Å². The highest BCUT2D eigenvalue weighted by molar-refractivity contribution is 5.64. The van der Waals surface area contributed by atoms with Gasteiger partial charge in [0.25, 0.3) is 0 Å². The summed E-state index contributed by atoms with van der Waals surface area (Å²) in [6.45, 7) is 7.17. The number of aliphatic hydroxyl groups is 1. The van der Waals surface area contributed by atoms with Crippen molar-refractivity contribution in [3.8, 4) is 0 Å². The van der Waals surface area contributed by atoms with Crippen LogP contribution in [0.3, 0.4) is 0 Å². The maximum Gasteiger partial charge on any atom is 0.404 e. The van der Waals surface area contributed by atoms with Gasteiger partial charge in [-0.2, -0.15) is 0 Å². The molecule has 0 aromatic rings. The van der Waals surface area contributed by atoms with Gasteiger partial charge in [0, 0.05) is 5.41 Å². The van der Waals surface area contributed by atoms with Gasteiger partial charge in [-0.1, -0.05) is 20.8 Å². The van der Waals surface area contributed by atoms with Crippen molar-refractivity contribution in [1.82, 2.24) is 0 Å². The Balaban J connectivity index is 4.35. The van der Waals surface area contributed by atoms with Gasteiger partial charge in [0.2, 0.25) is 0 Å². The largest absolute Gasteiger partial charge is 0.443 e. The molecule has 12 heavy (non-hydrogen) atoms. The molecule has 0 rings (SSSR count). The van der Waals surface area contributed by atoms with E-state index in [1.165, 1.54) is 0 Å². The lowest BCUT2D eigenvalue weighted by Crippen LogP contribution is -2.41. The number of nitrogens with two attached hydrogens (primary N) is 1. The fourth-order valence-electron chi connectivity index (χ4n) is 1.12. The first-order valence-corrected chi connectivity index (χ1v) is 3.89. The Morgan fingerprint density at radius 3 is 2.00 bits per heavy atom. The van der Waals surface area contributed by atoms with Crippen molar-refractivity contribution < 1.29 is 14.6 Å². The van der Waals surface area contributed by atoms with Gasteiger partial charge in [-0.05, 0) is 6.92 Å². The smallest absolute Gasteiger partial charge is 0.404 e. The molecule has 3 N–H and O–H groups in total. The summed E-state index contributed by atoms with van der Waals surface area (Å²) >= 11 is 0. The number of hydrogen-bond acceptors (Lipinski definition) is 3. The molecule has 0 aliphatic rings. The van der Waals surface area contributed by atoms with Crippen LogP contribution >= 0.6 is 0 Å². The molecule has 0 aliphatic heterocycles. The van der Waals surface area contributed by atoms with E-state index < -0.39 is 18.3 Å². The first-order chi connectivity index (χ1) is 5.25. The maximum atomic E-state index is 10.4. The van der Waals surface area contributed by atoms with E-state index >= 15 is 0 Å². The number of carbonyl (C=O) groups is 1. The van der Waals surface area contributed by atoms with Gasteiger partial charge in [-0.15, -0.1) is 0 Å². The molecule has 0 fully saturated rings. The van der Waals surface area contributed by atoms with Crippen molar-refractivity contribution in [2.45, 2.75) is 39.9 Å². The van der Waals surface area contributed by atoms with Gasteiger partial charge in [-0.3, -0.25) is 0 Å². The van der Waals surface area contributed by atoms with Gasteiger partial charge in [-0.25, -0.2) is 4.79 Å². The number of rotatable bonds is 2. The fraction of sp³-hybridized carbons (Fsp3) is 0.875. The van der Waals surface area contributed by atoms with Crippen molar-refractivity contribution in [1.29, 1.82) is 0 Å². The lowest BCUT2D eigenvalue weighted by molar-refractivity contribution is -0.0427. The minimum atomic E-state index is -0.851. The summed E-state index contributed by atoms with van der Waals surface area (Å²) in [7, 11) is 0. The van der Waals surface area contributed by atoms with Gasteiger partial charge in [0.05, 0.1) is 6.10 Å². The summed E-state index contributed by atoms with van der Waals surface area (Å²) in [4.78, 5) is 10.4. The van der Waals surface area contributed by atoms with Crippen LogP contribution in [0.5, 0.6) is 0 Å². The zero-order valence-electron chi connectivity index (χ0n) is 8.00. The molecule has 0 saturated heterocycles. The van der Waals surface area contributed by atoms with E-state index in [0.29, 0.717) is 0 Å². The van der Waals surface area contributed by atoms with Gasteiger partial charge < -0.3 is 15.6 Å². The van der Waals surface area contributed by atoms with Crippen molar-refractivity contribution in [3.63, 3.8) is 0 Å². The zero-order chi connectivity index (χ0) is 9.94. The molecule has 1 amide bonds. The molecule has 4 nitrogen and oxygen atoms in total. The predicted octanol–water partition coefficient (Wildman–Crippen LogP) is 0.877. The van der Waals surface area contributed by atoms with Gasteiger partial charge >= 0.3 is 6.09 Å². The second kappa shape index (κ2) is 3.76. The van der Waals surface area contributed by atoms with E-state index in [2.05, 4.69) is 0 Å². The lowest BCUT2D eigenvalue weighted by atomic mass is 9.86. The van der Waals surface area contributed by atoms with Crippen LogP contribution in [0.15, 0.2) is 0 Å². The minimum Gasteiger partial charge on any atom is -0.443 e. The Hall–Kier alpha value is -0.770. The average molecular weight is 175 g/mol. The molecule has 0 radical (unpaired) electrons. The van der Waals surface area contributed by atoms with E-state index in [0.717, 1.165) is 0 Å². The molecule has 4 heteroatoms. The van der Waals surface area contributed by atoms with Crippen LogP contribution in [-0.4, -0.2) is 23.4 Å². The van der Waals surface area contributed by atoms with Crippen LogP contribution in [0.4, 0.5) is 4.79 Å². The maximum absolute atomic E-state index is 10.4. The summed E-state index contributed by atoms with van der Waals surface area (Å²) < 4.78 is 4.77. The van der Waals surface area contributed by atoms with Crippen LogP contribution in [0.25, 0.3) is 0 Å². The molecule has 0 aromatic heterocycles. The van der Waals surface area contributed by atoms with Crippen LogP contribution in [0.1, 0.15) is 27.7 Å². The number of aliphatic hydroxyl groups excluding tert-OH is 1. The first kappa shape index (κ1) is 11.2. The molecule has 0 bridgehead atoms. The highest BCUT2D eigenvalue weighted by atomic mass is 16.6. The third-order valence-electron chi connectivity index (χ3n) is 1.53. The molecule has 0 spiro atoms. The lowest BCUT2D eigenvalue weighted by Gasteiger charge is -2.31. The third kappa shape index (κ3) is 3.57. The Bertz CT molecular complexity index is 160. The number of primary amides is 1. The second-order valence-corrected chi connectivity index (χ2v) is 3.96. The van der Waals surface area contributed by atoms with Crippen LogP contribution < -0.4 is 5.73 Å². The topological polar surface area (TPSA) is 72.6 Å². The molecule has 1 unspecified atom stereocenters. The Kier molecular flexibility index (Phi) is 3.52. The number of carbonyl (C=O) groups excluding carboxylic acids is 1. The number of hydrogen-bond donors (Lipinski definition) is 2. The fourth-order valence-corrected chi connectivity index (χ4v) is 1.12. The minimum absolute atomic E-state index is 0.302. The normalized spacial score (nSPS) is 16.8. The van der Waals surface area contributed by atoms with E-state index in [4.69, 9.17) is 10.5 Å². The monoisotopic (exact) mass is 175 g/mol. The average Bonchev–Trinajstić information content (AvgIpc) is 1.79. The molecule has 72 valence electrons. The first-order valence-electron chi connectivity index (χ1n) is 3.89. The summed E-state index contributed by atoms with van der Waals surface area (Å²) in [5, 5.41) is 9.26. The molecule has 0 saturated carbocycles. The van der Waals surface area contributed by atoms with E-state index in [1.807, 2.05) is 20.8 Å². The molecular formula is C8H17NO3. The van der Waals surface area contributed by atoms with Crippen LogP contribution in [0.2, 0.25) is 0 Å². The summed E-state index contributed by atoms with van der Waals surface area (Å²) in [6.07, 6.45) is -2.12. The predicted molar refractivity (Wildman–Crippen MR) is 45.6 cm³/mol. The van der Waals surface area contributed by atoms with Crippen molar-refractivity contribution in [3.05, 3.63) is 0 Å². The number of amides is 1. The third-order valence-corrected chi connectivity index (χ3v) is 1.53. The summed E-state index contributed by atoms with van der Waals surface area (Å²) in [5.41, 5.74) is 4.55. The molecule has 0 heterocycles. The Morgan fingerprint density at radius 1 is 1.50 bits per heavy atom. The SMILES string of the molecule is C[C@H](O)C(OC(N)=O)C(C)(C)C. The molecular weight excluding hydrogens is 158 g/mol. The van der Waals surface area contributed by atoms with Gasteiger partial charge in [0.15, 0.2) is 0 Å². The summed E-state index contributed by atoms with van der Waals surface area (Å²) in [5.74, 6) is 0. The molecule has 0 aromatic carbocycles. The van der Waals surface area contributed by atoms with Crippen molar-refractivity contribution >= 4 is 6.09 Å². The van der Waals surface area contributed by atoms with Crippen molar-refractivity contribution in [2.24, 2.45) is 11.1 Å². The Labute approximate surface area is 72.7 Å². The van der Waals surface area contributed by atoms with E-state index in [-0.39, 0.29) is 5.41 Å².